The first kappa shape index (κ1) is 23.1. The maximum absolute atomic E-state index is 13.0. The van der Waals surface area contributed by atoms with Crippen LogP contribution in [-0.2, 0) is 11.2 Å². The van der Waals surface area contributed by atoms with Crippen LogP contribution in [0.25, 0.3) is 0 Å². The summed E-state index contributed by atoms with van der Waals surface area (Å²) in [4.78, 5) is 17.7. The Balaban J connectivity index is 1.50. The molecule has 0 spiro atoms. The molecule has 2 fully saturated rings. The van der Waals surface area contributed by atoms with Crippen molar-refractivity contribution in [2.24, 2.45) is 11.3 Å². The quantitative estimate of drug-likeness (QED) is 0.540. The minimum absolute atomic E-state index is 0.0601. The van der Waals surface area contributed by atoms with Gasteiger partial charge in [-0.3, -0.25) is 4.79 Å². The molecule has 0 aromatic heterocycles. The highest BCUT2D eigenvalue weighted by Gasteiger charge is 2.34. The van der Waals surface area contributed by atoms with Crippen LogP contribution in [0.4, 0.5) is 0 Å². The van der Waals surface area contributed by atoms with Gasteiger partial charge in [0.15, 0.2) is 0 Å². The largest absolute Gasteiger partial charge is 0.506 e. The number of benzene rings is 1. The van der Waals surface area contributed by atoms with Crippen LogP contribution in [0.15, 0.2) is 21.1 Å². The summed E-state index contributed by atoms with van der Waals surface area (Å²) in [6.45, 7) is 10.9. The molecule has 2 aliphatic heterocycles. The van der Waals surface area contributed by atoms with Crippen molar-refractivity contribution >= 4 is 37.8 Å². The standard InChI is InChI=1S/C23H34Br2N2O2/c1-4-23(3)7-11-26(12-8-23)18-5-9-27(10-6-18)22(29)16(2)13-17-14-19(24)21(28)20(25)15-17/h14-16,18,28H,4-13H2,1-3H3/t16-/m1/s1. The van der Waals surface area contributed by atoms with E-state index in [2.05, 4.69) is 55.5 Å². The number of phenolic OH excluding ortho intramolecular Hbond substituents is 1. The SMILES string of the molecule is CCC1(C)CCN(C2CCN(C(=O)[C@H](C)Cc3cc(Br)c(O)c(Br)c3)CC2)CC1. The van der Waals surface area contributed by atoms with Gasteiger partial charge in [0, 0.05) is 25.0 Å². The van der Waals surface area contributed by atoms with Crippen LogP contribution in [0.1, 0.15) is 58.4 Å². The highest BCUT2D eigenvalue weighted by Crippen LogP contribution is 2.36. The summed E-state index contributed by atoms with van der Waals surface area (Å²) in [6.07, 6.45) is 6.75. The summed E-state index contributed by atoms with van der Waals surface area (Å²) >= 11 is 6.75. The molecule has 162 valence electrons. The second kappa shape index (κ2) is 9.69. The maximum Gasteiger partial charge on any atom is 0.225 e. The third-order valence-corrected chi connectivity index (χ3v) is 8.40. The minimum Gasteiger partial charge on any atom is -0.506 e. The maximum atomic E-state index is 13.0. The number of nitrogens with zero attached hydrogens (tertiary/aromatic N) is 2. The van der Waals surface area contributed by atoms with Gasteiger partial charge in [-0.15, -0.1) is 0 Å². The molecule has 1 aromatic carbocycles. The van der Waals surface area contributed by atoms with Crippen molar-refractivity contribution in [3.05, 3.63) is 26.6 Å². The zero-order valence-corrected chi connectivity index (χ0v) is 21.1. The first-order chi connectivity index (χ1) is 13.7. The summed E-state index contributed by atoms with van der Waals surface area (Å²) in [5, 5.41) is 9.88. The van der Waals surface area contributed by atoms with Crippen LogP contribution < -0.4 is 0 Å². The Morgan fingerprint density at radius 3 is 2.24 bits per heavy atom. The second-order valence-electron chi connectivity index (χ2n) is 9.27. The Kier molecular flexibility index (Phi) is 7.72. The van der Waals surface area contributed by atoms with Gasteiger partial charge in [-0.2, -0.15) is 0 Å². The van der Waals surface area contributed by atoms with E-state index in [9.17, 15) is 9.90 Å². The number of piperidine rings is 2. The van der Waals surface area contributed by atoms with E-state index in [1.165, 1.54) is 32.4 Å². The van der Waals surface area contributed by atoms with Crippen LogP contribution >= 0.6 is 31.9 Å². The first-order valence-electron chi connectivity index (χ1n) is 10.9. The van der Waals surface area contributed by atoms with Crippen LogP contribution in [0.3, 0.4) is 0 Å². The van der Waals surface area contributed by atoms with E-state index in [1.54, 1.807) is 0 Å². The van der Waals surface area contributed by atoms with Crippen molar-refractivity contribution in [3.8, 4) is 5.75 Å². The molecule has 0 unspecified atom stereocenters. The molecule has 1 aromatic rings. The van der Waals surface area contributed by atoms with E-state index >= 15 is 0 Å². The number of hydrogen-bond donors (Lipinski definition) is 1. The lowest BCUT2D eigenvalue weighted by molar-refractivity contribution is -0.136. The van der Waals surface area contributed by atoms with Crippen LogP contribution in [-0.4, -0.2) is 53.0 Å². The number of amides is 1. The molecule has 0 saturated carbocycles. The van der Waals surface area contributed by atoms with Gasteiger partial charge in [0.1, 0.15) is 5.75 Å². The zero-order valence-electron chi connectivity index (χ0n) is 17.9. The molecule has 2 saturated heterocycles. The van der Waals surface area contributed by atoms with E-state index in [0.29, 0.717) is 26.8 Å². The number of halogens is 2. The van der Waals surface area contributed by atoms with Crippen LogP contribution in [0.5, 0.6) is 5.75 Å². The normalized spacial score (nSPS) is 21.9. The highest BCUT2D eigenvalue weighted by molar-refractivity contribution is 9.11. The van der Waals surface area contributed by atoms with Crippen LogP contribution in [0.2, 0.25) is 0 Å². The fourth-order valence-corrected chi connectivity index (χ4v) is 6.00. The molecule has 1 amide bonds. The summed E-state index contributed by atoms with van der Waals surface area (Å²) in [7, 11) is 0. The lowest BCUT2D eigenvalue weighted by atomic mass is 9.77. The van der Waals surface area contributed by atoms with E-state index in [-0.39, 0.29) is 17.6 Å². The third-order valence-electron chi connectivity index (χ3n) is 7.19. The minimum atomic E-state index is -0.0601. The predicted octanol–water partition coefficient (Wildman–Crippen LogP) is 5.60. The van der Waals surface area contributed by atoms with Gasteiger partial charge in [0.25, 0.3) is 0 Å². The van der Waals surface area contributed by atoms with Gasteiger partial charge in [-0.1, -0.05) is 27.2 Å². The molecule has 1 atom stereocenters. The Labute approximate surface area is 192 Å². The van der Waals surface area contributed by atoms with Crippen LogP contribution in [0, 0.1) is 11.3 Å². The Morgan fingerprint density at radius 2 is 1.72 bits per heavy atom. The number of likely N-dealkylation sites (tertiary alicyclic amines) is 2. The zero-order chi connectivity index (χ0) is 21.2. The lowest BCUT2D eigenvalue weighted by Crippen LogP contribution is -2.51. The summed E-state index contributed by atoms with van der Waals surface area (Å²) in [6, 6.07) is 4.44. The molecule has 6 heteroatoms. The van der Waals surface area contributed by atoms with Crippen molar-refractivity contribution in [2.75, 3.05) is 26.2 Å². The molecular formula is C23H34Br2N2O2. The fourth-order valence-electron chi connectivity index (χ4n) is 4.72. The molecular weight excluding hydrogens is 496 g/mol. The molecule has 0 radical (unpaired) electrons. The summed E-state index contributed by atoms with van der Waals surface area (Å²) in [5.41, 5.74) is 1.57. The van der Waals surface area contributed by atoms with Crippen molar-refractivity contribution < 1.29 is 9.90 Å². The second-order valence-corrected chi connectivity index (χ2v) is 11.0. The first-order valence-corrected chi connectivity index (χ1v) is 12.5. The van der Waals surface area contributed by atoms with E-state index in [4.69, 9.17) is 0 Å². The van der Waals surface area contributed by atoms with Crippen molar-refractivity contribution in [2.45, 2.75) is 65.3 Å². The molecule has 0 aliphatic carbocycles. The Morgan fingerprint density at radius 1 is 1.17 bits per heavy atom. The van der Waals surface area contributed by atoms with Gasteiger partial charge in [0.2, 0.25) is 5.91 Å². The fraction of sp³-hybridized carbons (Fsp3) is 0.696. The van der Waals surface area contributed by atoms with Gasteiger partial charge >= 0.3 is 0 Å². The smallest absolute Gasteiger partial charge is 0.225 e. The van der Waals surface area contributed by atoms with Gasteiger partial charge in [-0.05, 0) is 100 Å². The number of hydrogen-bond acceptors (Lipinski definition) is 3. The average molecular weight is 530 g/mol. The predicted molar refractivity (Wildman–Crippen MR) is 125 cm³/mol. The van der Waals surface area contributed by atoms with Crippen molar-refractivity contribution in [1.82, 2.24) is 9.80 Å². The van der Waals surface area contributed by atoms with E-state index < -0.39 is 0 Å². The number of phenols is 1. The molecule has 1 N–H and O–H groups in total. The topological polar surface area (TPSA) is 43.8 Å². The monoisotopic (exact) mass is 528 g/mol. The number of carbonyl (C=O) groups is 1. The molecule has 4 nitrogen and oxygen atoms in total. The molecule has 2 heterocycles. The number of rotatable bonds is 5. The van der Waals surface area contributed by atoms with Gasteiger partial charge in [-0.25, -0.2) is 0 Å². The van der Waals surface area contributed by atoms with E-state index in [1.807, 2.05) is 19.1 Å². The number of carbonyl (C=O) groups excluding carboxylic acids is 1. The lowest BCUT2D eigenvalue weighted by Gasteiger charge is -2.45. The van der Waals surface area contributed by atoms with Crippen molar-refractivity contribution in [3.63, 3.8) is 0 Å². The summed E-state index contributed by atoms with van der Waals surface area (Å²) in [5.74, 6) is 0.392. The average Bonchev–Trinajstić information content (AvgIpc) is 2.72. The molecule has 29 heavy (non-hydrogen) atoms. The third kappa shape index (κ3) is 5.56. The Bertz CT molecular complexity index is 701. The highest BCUT2D eigenvalue weighted by atomic mass is 79.9. The molecule has 0 bridgehead atoms. The van der Waals surface area contributed by atoms with Crippen molar-refractivity contribution in [1.29, 1.82) is 0 Å². The van der Waals surface area contributed by atoms with Gasteiger partial charge in [0.05, 0.1) is 8.95 Å². The molecule has 2 aliphatic rings. The summed E-state index contributed by atoms with van der Waals surface area (Å²) < 4.78 is 1.31. The number of aromatic hydroxyl groups is 1. The Hall–Kier alpha value is -0.590. The van der Waals surface area contributed by atoms with E-state index in [0.717, 1.165) is 31.5 Å². The van der Waals surface area contributed by atoms with Gasteiger partial charge < -0.3 is 14.9 Å². The molecule has 3 rings (SSSR count).